The molecule has 0 unspecified atom stereocenters. The Morgan fingerprint density at radius 2 is 1.84 bits per heavy atom. The van der Waals surface area contributed by atoms with Crippen LogP contribution in [-0.2, 0) is 0 Å². The Hall–Kier alpha value is -2.95. The molecule has 0 aromatic heterocycles. The van der Waals surface area contributed by atoms with Crippen LogP contribution in [0, 0.1) is 28.3 Å². The van der Waals surface area contributed by atoms with Gasteiger partial charge >= 0.3 is 5.69 Å². The van der Waals surface area contributed by atoms with Crippen molar-refractivity contribution in [3.63, 3.8) is 0 Å². The summed E-state index contributed by atoms with van der Waals surface area (Å²) in [7, 11) is 0. The van der Waals surface area contributed by atoms with Crippen molar-refractivity contribution in [1.82, 2.24) is 4.90 Å². The summed E-state index contributed by atoms with van der Waals surface area (Å²) in [4.78, 5) is 25.1. The standard InChI is InChI=1S/C23H23FN2O4.ClH/c1-2-23(30-22-8-4-3-6-20(22)26(28)29)13-16-25(17-14-23)15-5-7-21(27)18-9-11-19(24)12-10-18;/h1,3-4,6,8-12H,5,7,13-17H2;1H. The van der Waals surface area contributed by atoms with Crippen molar-refractivity contribution in [3.05, 3.63) is 70.0 Å². The fourth-order valence-corrected chi connectivity index (χ4v) is 3.56. The van der Waals surface area contributed by atoms with Gasteiger partial charge in [-0.1, -0.05) is 18.1 Å². The summed E-state index contributed by atoms with van der Waals surface area (Å²) in [6.07, 6.45) is 7.89. The van der Waals surface area contributed by atoms with E-state index in [9.17, 15) is 19.3 Å². The van der Waals surface area contributed by atoms with Crippen molar-refractivity contribution >= 4 is 23.9 Å². The first-order valence-corrected chi connectivity index (χ1v) is 9.84. The molecule has 1 aliphatic rings. The van der Waals surface area contributed by atoms with Gasteiger partial charge in [0.05, 0.1) is 4.92 Å². The largest absolute Gasteiger partial charge is 0.467 e. The van der Waals surface area contributed by atoms with Crippen LogP contribution in [0.25, 0.3) is 0 Å². The van der Waals surface area contributed by atoms with Crippen molar-refractivity contribution in [2.75, 3.05) is 19.6 Å². The Kier molecular flexibility index (Phi) is 8.55. The Labute approximate surface area is 187 Å². The normalized spacial score (nSPS) is 15.4. The van der Waals surface area contributed by atoms with Crippen LogP contribution in [0.15, 0.2) is 48.5 Å². The van der Waals surface area contributed by atoms with Crippen LogP contribution in [0.3, 0.4) is 0 Å². The molecule has 0 radical (unpaired) electrons. The van der Waals surface area contributed by atoms with E-state index in [0.29, 0.717) is 44.3 Å². The first-order valence-electron chi connectivity index (χ1n) is 9.84. The third-order valence-corrected chi connectivity index (χ3v) is 5.34. The molecule has 0 spiro atoms. The maximum Gasteiger partial charge on any atom is 0.310 e. The van der Waals surface area contributed by atoms with Crippen LogP contribution >= 0.6 is 12.4 Å². The van der Waals surface area contributed by atoms with E-state index < -0.39 is 10.5 Å². The number of carbonyl (C=O) groups excluding carboxylic acids is 1. The third kappa shape index (κ3) is 6.27. The summed E-state index contributed by atoms with van der Waals surface area (Å²) in [6, 6.07) is 11.8. The Morgan fingerprint density at radius 3 is 2.45 bits per heavy atom. The fourth-order valence-electron chi connectivity index (χ4n) is 3.56. The zero-order valence-electron chi connectivity index (χ0n) is 17.0. The Bertz CT molecular complexity index is 951. The number of para-hydroxylation sites is 2. The lowest BCUT2D eigenvalue weighted by molar-refractivity contribution is -0.386. The number of ketones is 1. The fraction of sp³-hybridized carbons (Fsp3) is 0.348. The SMILES string of the molecule is C#CC1(Oc2ccccc2[N+](=O)[O-])CCN(CCCC(=O)c2ccc(F)cc2)CC1.Cl. The first-order chi connectivity index (χ1) is 14.4. The van der Waals surface area contributed by atoms with Gasteiger partial charge in [0.2, 0.25) is 0 Å². The molecule has 2 aromatic rings. The molecule has 164 valence electrons. The number of hydrogen-bond acceptors (Lipinski definition) is 5. The molecular formula is C23H24ClFN2O4. The van der Waals surface area contributed by atoms with E-state index in [2.05, 4.69) is 10.8 Å². The van der Waals surface area contributed by atoms with E-state index >= 15 is 0 Å². The number of rotatable bonds is 8. The van der Waals surface area contributed by atoms with Gasteiger partial charge in [-0.05, 0) is 43.3 Å². The lowest BCUT2D eigenvalue weighted by Gasteiger charge is -2.38. The maximum absolute atomic E-state index is 13.0. The van der Waals surface area contributed by atoms with E-state index in [4.69, 9.17) is 11.2 Å². The highest BCUT2D eigenvalue weighted by Gasteiger charge is 2.36. The number of piperidine rings is 1. The van der Waals surface area contributed by atoms with Gasteiger partial charge < -0.3 is 9.64 Å². The zero-order chi connectivity index (χ0) is 21.6. The molecule has 1 fully saturated rings. The Morgan fingerprint density at radius 1 is 1.19 bits per heavy atom. The molecule has 0 N–H and O–H groups in total. The summed E-state index contributed by atoms with van der Waals surface area (Å²) in [6.45, 7) is 2.09. The maximum atomic E-state index is 13.0. The predicted octanol–water partition coefficient (Wildman–Crippen LogP) is 4.67. The van der Waals surface area contributed by atoms with Gasteiger partial charge in [-0.15, -0.1) is 18.8 Å². The topological polar surface area (TPSA) is 72.7 Å². The van der Waals surface area contributed by atoms with E-state index in [1.165, 1.54) is 30.3 Å². The summed E-state index contributed by atoms with van der Waals surface area (Å²) in [5.74, 6) is 2.51. The molecule has 0 saturated carbocycles. The molecule has 1 heterocycles. The van der Waals surface area contributed by atoms with Gasteiger partial charge in [-0.3, -0.25) is 14.9 Å². The zero-order valence-corrected chi connectivity index (χ0v) is 17.8. The Balaban J connectivity index is 0.00000341. The second-order valence-corrected chi connectivity index (χ2v) is 7.34. The van der Waals surface area contributed by atoms with E-state index in [-0.39, 0.29) is 35.4 Å². The van der Waals surface area contributed by atoms with E-state index in [1.807, 2.05) is 0 Å². The number of carbonyl (C=O) groups is 1. The lowest BCUT2D eigenvalue weighted by atomic mass is 9.91. The minimum absolute atomic E-state index is 0. The molecule has 2 aromatic carbocycles. The number of nitro benzene ring substituents is 1. The molecule has 0 atom stereocenters. The summed E-state index contributed by atoms with van der Waals surface area (Å²) in [5, 5.41) is 11.2. The van der Waals surface area contributed by atoms with Crippen LogP contribution in [-0.4, -0.2) is 40.8 Å². The highest BCUT2D eigenvalue weighted by Crippen LogP contribution is 2.34. The van der Waals surface area contributed by atoms with Crippen molar-refractivity contribution in [2.24, 2.45) is 0 Å². The quantitative estimate of drug-likeness (QED) is 0.255. The highest BCUT2D eigenvalue weighted by molar-refractivity contribution is 5.95. The highest BCUT2D eigenvalue weighted by atomic mass is 35.5. The molecule has 31 heavy (non-hydrogen) atoms. The monoisotopic (exact) mass is 446 g/mol. The van der Waals surface area contributed by atoms with Gasteiger partial charge in [-0.2, -0.15) is 0 Å². The molecule has 1 aliphatic heterocycles. The third-order valence-electron chi connectivity index (χ3n) is 5.34. The number of Topliss-reactive ketones (excluding diaryl/α,β-unsaturated/α-hetero) is 1. The van der Waals surface area contributed by atoms with Gasteiger partial charge in [0.15, 0.2) is 17.1 Å². The number of halogens is 2. The summed E-state index contributed by atoms with van der Waals surface area (Å²) in [5.41, 5.74) is -0.472. The molecule has 0 amide bonds. The van der Waals surface area contributed by atoms with Crippen molar-refractivity contribution in [3.8, 4) is 18.1 Å². The minimum Gasteiger partial charge on any atom is -0.467 e. The molecule has 6 nitrogen and oxygen atoms in total. The molecule has 0 aliphatic carbocycles. The van der Waals surface area contributed by atoms with Crippen LogP contribution < -0.4 is 4.74 Å². The molecule has 1 saturated heterocycles. The van der Waals surface area contributed by atoms with Crippen LogP contribution in [0.4, 0.5) is 10.1 Å². The van der Waals surface area contributed by atoms with Crippen molar-refractivity contribution < 1.29 is 18.8 Å². The molecule has 0 bridgehead atoms. The van der Waals surface area contributed by atoms with Gasteiger partial charge in [-0.25, -0.2) is 4.39 Å². The lowest BCUT2D eigenvalue weighted by Crippen LogP contribution is -2.47. The molecular weight excluding hydrogens is 423 g/mol. The van der Waals surface area contributed by atoms with Crippen LogP contribution in [0.1, 0.15) is 36.0 Å². The molecule has 8 heteroatoms. The minimum atomic E-state index is -0.882. The summed E-state index contributed by atoms with van der Waals surface area (Å²) < 4.78 is 18.9. The smallest absolute Gasteiger partial charge is 0.310 e. The van der Waals surface area contributed by atoms with E-state index in [1.54, 1.807) is 18.2 Å². The second kappa shape index (κ2) is 10.9. The second-order valence-electron chi connectivity index (χ2n) is 7.34. The van der Waals surface area contributed by atoms with Gasteiger partial charge in [0.1, 0.15) is 5.82 Å². The average molecular weight is 447 g/mol. The van der Waals surface area contributed by atoms with Gasteiger partial charge in [0.25, 0.3) is 0 Å². The summed E-state index contributed by atoms with van der Waals surface area (Å²) >= 11 is 0. The number of nitrogens with zero attached hydrogens (tertiary/aromatic N) is 2. The number of likely N-dealkylation sites (tertiary alicyclic amines) is 1. The number of benzene rings is 2. The van der Waals surface area contributed by atoms with Crippen LogP contribution in [0.5, 0.6) is 5.75 Å². The van der Waals surface area contributed by atoms with Crippen molar-refractivity contribution in [1.29, 1.82) is 0 Å². The molecule has 3 rings (SSSR count). The van der Waals surface area contributed by atoms with Crippen molar-refractivity contribution in [2.45, 2.75) is 31.3 Å². The average Bonchev–Trinajstić information content (AvgIpc) is 2.75. The number of terminal acetylenes is 1. The van der Waals surface area contributed by atoms with E-state index in [0.717, 1.165) is 6.54 Å². The van der Waals surface area contributed by atoms with Crippen LogP contribution in [0.2, 0.25) is 0 Å². The number of ether oxygens (including phenoxy) is 1. The number of nitro groups is 1. The predicted molar refractivity (Wildman–Crippen MR) is 118 cm³/mol. The first kappa shape index (κ1) is 24.3. The van der Waals surface area contributed by atoms with Gasteiger partial charge in [0, 0.05) is 44.0 Å². The number of hydrogen-bond donors (Lipinski definition) is 0.